The predicted octanol–water partition coefficient (Wildman–Crippen LogP) is 4.81. The fourth-order valence-electron chi connectivity index (χ4n) is 2.82. The van der Waals surface area contributed by atoms with Gasteiger partial charge < -0.3 is 9.96 Å². The van der Waals surface area contributed by atoms with Gasteiger partial charge in [0.05, 0.1) is 0 Å². The Labute approximate surface area is 123 Å². The Morgan fingerprint density at radius 2 is 1.11 bits per heavy atom. The minimum Gasteiger partial charge on any atom is -0.323 e. The van der Waals surface area contributed by atoms with E-state index in [2.05, 4.69) is 50.8 Å². The first kappa shape index (κ1) is 19.1. The molecule has 0 aromatic heterocycles. The summed E-state index contributed by atoms with van der Waals surface area (Å²) in [5.74, 6) is 0. The molecule has 0 rings (SSSR count). The molecule has 0 fully saturated rings. The van der Waals surface area contributed by atoms with Gasteiger partial charge in [-0.1, -0.05) is 66.2 Å². The van der Waals surface area contributed by atoms with Crippen molar-refractivity contribution in [1.82, 2.24) is 9.96 Å². The first-order chi connectivity index (χ1) is 8.91. The summed E-state index contributed by atoms with van der Waals surface area (Å²) < 4.78 is 0. The van der Waals surface area contributed by atoms with Crippen molar-refractivity contribution in [3.63, 3.8) is 0 Å². The Morgan fingerprint density at radius 3 is 1.42 bits per heavy atom. The van der Waals surface area contributed by atoms with Crippen molar-refractivity contribution in [3.8, 4) is 0 Å². The summed E-state index contributed by atoms with van der Waals surface area (Å²) in [5.41, 5.74) is 0. The third kappa shape index (κ3) is 11.6. The molecule has 2 unspecified atom stereocenters. The van der Waals surface area contributed by atoms with E-state index in [1.54, 1.807) is 0 Å². The van der Waals surface area contributed by atoms with Crippen molar-refractivity contribution in [3.05, 3.63) is 0 Å². The molecule has 19 heavy (non-hydrogen) atoms. The van der Waals surface area contributed by atoms with Crippen LogP contribution in [0.25, 0.3) is 0 Å². The summed E-state index contributed by atoms with van der Waals surface area (Å²) in [7, 11) is -1.45. The van der Waals surface area contributed by atoms with Crippen molar-refractivity contribution in [2.24, 2.45) is 0 Å². The van der Waals surface area contributed by atoms with Gasteiger partial charge in [0, 0.05) is 0 Å². The zero-order valence-corrected chi connectivity index (χ0v) is 15.3. The molecule has 0 saturated carbocycles. The largest absolute Gasteiger partial charge is 0.323 e. The van der Waals surface area contributed by atoms with E-state index in [1.165, 1.54) is 51.4 Å². The zero-order chi connectivity index (χ0) is 14.7. The van der Waals surface area contributed by atoms with Crippen LogP contribution in [0, 0.1) is 0 Å². The summed E-state index contributed by atoms with van der Waals surface area (Å²) in [4.78, 5) is 7.73. The quantitative estimate of drug-likeness (QED) is 0.397. The van der Waals surface area contributed by atoms with Crippen molar-refractivity contribution >= 4 is 8.40 Å². The summed E-state index contributed by atoms with van der Waals surface area (Å²) >= 11 is 0. The highest BCUT2D eigenvalue weighted by atomic mass is 28.3. The van der Waals surface area contributed by atoms with Crippen molar-refractivity contribution in [1.29, 1.82) is 0 Å². The fraction of sp³-hybridized carbons (Fsp3) is 1.00. The molecule has 0 aliphatic carbocycles. The van der Waals surface area contributed by atoms with Gasteiger partial charge in [0.1, 0.15) is 0 Å². The Hall–Kier alpha value is 0.137. The maximum absolute atomic E-state index is 3.86. The normalized spacial score (nSPS) is 15.5. The number of nitrogens with one attached hydrogen (secondary N) is 2. The van der Waals surface area contributed by atoms with Crippen LogP contribution in [0.4, 0.5) is 0 Å². The maximum Gasteiger partial charge on any atom is 0.195 e. The topological polar surface area (TPSA) is 24.1 Å². The van der Waals surface area contributed by atoms with E-state index in [-0.39, 0.29) is 0 Å². The Morgan fingerprint density at radius 1 is 0.737 bits per heavy atom. The minimum atomic E-state index is -1.45. The molecule has 0 aliphatic heterocycles. The average Bonchev–Trinajstić information content (AvgIpc) is 2.28. The van der Waals surface area contributed by atoms with Gasteiger partial charge in [0.15, 0.2) is 8.40 Å². The van der Waals surface area contributed by atoms with Gasteiger partial charge in [-0.2, -0.15) is 0 Å². The van der Waals surface area contributed by atoms with Gasteiger partial charge in [-0.05, 0) is 38.0 Å². The van der Waals surface area contributed by atoms with E-state index in [4.69, 9.17) is 0 Å². The molecule has 0 aromatic carbocycles. The van der Waals surface area contributed by atoms with E-state index < -0.39 is 8.40 Å². The second-order valence-electron chi connectivity index (χ2n) is 6.71. The van der Waals surface area contributed by atoms with Gasteiger partial charge in [0.2, 0.25) is 0 Å². The first-order valence-corrected chi connectivity index (χ1v) is 11.5. The first-order valence-electron chi connectivity index (χ1n) is 8.46. The lowest BCUT2D eigenvalue weighted by molar-refractivity contribution is 0.523. The van der Waals surface area contributed by atoms with Crippen LogP contribution in [0.2, 0.25) is 13.1 Å². The van der Waals surface area contributed by atoms with Crippen LogP contribution in [0.5, 0.6) is 0 Å². The van der Waals surface area contributed by atoms with Gasteiger partial charge in [-0.15, -0.1) is 0 Å². The third-order valence-electron chi connectivity index (χ3n) is 3.70. The predicted molar refractivity (Wildman–Crippen MR) is 91.0 cm³/mol. The lowest BCUT2D eigenvalue weighted by atomic mass is 10.1. The molecule has 0 heterocycles. The van der Waals surface area contributed by atoms with Crippen LogP contribution >= 0.6 is 0 Å². The fourth-order valence-corrected chi connectivity index (χ4v) is 5.66. The summed E-state index contributed by atoms with van der Waals surface area (Å²) in [6, 6.07) is 1.31. The highest BCUT2D eigenvalue weighted by Crippen LogP contribution is 2.08. The molecular formula is C16H38N2Si. The average molecular weight is 287 g/mol. The monoisotopic (exact) mass is 286 g/mol. The van der Waals surface area contributed by atoms with E-state index in [0.717, 1.165) is 0 Å². The van der Waals surface area contributed by atoms with Crippen LogP contribution in [0.3, 0.4) is 0 Å². The molecule has 116 valence electrons. The summed E-state index contributed by atoms with van der Waals surface area (Å²) in [6.07, 6.45) is 10.7. The van der Waals surface area contributed by atoms with Gasteiger partial charge in [-0.25, -0.2) is 0 Å². The molecule has 0 radical (unpaired) electrons. The molecule has 2 nitrogen and oxygen atoms in total. The van der Waals surface area contributed by atoms with Crippen LogP contribution in [-0.2, 0) is 0 Å². The Balaban J connectivity index is 3.87. The molecule has 0 bridgehead atoms. The lowest BCUT2D eigenvalue weighted by Crippen LogP contribution is -2.62. The highest BCUT2D eigenvalue weighted by Gasteiger charge is 2.24. The van der Waals surface area contributed by atoms with E-state index in [1.807, 2.05) is 0 Å². The second-order valence-corrected chi connectivity index (χ2v) is 10.5. The number of hydrogen-bond acceptors (Lipinski definition) is 2. The van der Waals surface area contributed by atoms with Gasteiger partial charge in [-0.3, -0.25) is 0 Å². The maximum atomic E-state index is 3.86. The number of hydrogen-bond donors (Lipinski definition) is 2. The van der Waals surface area contributed by atoms with Crippen molar-refractivity contribution in [2.45, 2.75) is 104 Å². The second kappa shape index (κ2) is 10.9. The molecular weight excluding hydrogens is 248 g/mol. The van der Waals surface area contributed by atoms with Crippen LogP contribution < -0.4 is 9.96 Å². The molecule has 0 amide bonds. The van der Waals surface area contributed by atoms with E-state index in [9.17, 15) is 0 Å². The van der Waals surface area contributed by atoms with E-state index in [0.29, 0.717) is 12.1 Å². The Bertz CT molecular complexity index is 187. The number of rotatable bonds is 12. The highest BCUT2D eigenvalue weighted by molar-refractivity contribution is 6.72. The van der Waals surface area contributed by atoms with Crippen LogP contribution in [-0.4, -0.2) is 20.5 Å². The van der Waals surface area contributed by atoms with Crippen LogP contribution in [0.1, 0.15) is 79.1 Å². The summed E-state index contributed by atoms with van der Waals surface area (Å²) in [6.45, 7) is 14.0. The number of unbranched alkanes of at least 4 members (excludes halogenated alkanes) is 4. The molecule has 0 spiro atoms. The van der Waals surface area contributed by atoms with E-state index >= 15 is 0 Å². The molecule has 0 aliphatic rings. The van der Waals surface area contributed by atoms with Crippen molar-refractivity contribution < 1.29 is 0 Å². The molecule has 2 atom stereocenters. The molecule has 0 aromatic rings. The lowest BCUT2D eigenvalue weighted by Gasteiger charge is -2.32. The van der Waals surface area contributed by atoms with Gasteiger partial charge >= 0.3 is 0 Å². The Kier molecular flexibility index (Phi) is 10.9. The molecule has 0 saturated heterocycles. The molecule has 3 heteroatoms. The standard InChI is InChI=1S/C16H38N2Si/c1-7-9-11-13-15(3)17-19(5,6)18-16(4)14-12-10-8-2/h15-18H,7-14H2,1-6H3. The molecule has 2 N–H and O–H groups in total. The smallest absolute Gasteiger partial charge is 0.195 e. The third-order valence-corrected chi connectivity index (χ3v) is 6.12. The SMILES string of the molecule is CCCCCC(C)N[Si](C)(C)NC(C)CCCCC. The minimum absolute atomic E-state index is 0.656. The van der Waals surface area contributed by atoms with Crippen molar-refractivity contribution in [2.75, 3.05) is 0 Å². The zero-order valence-electron chi connectivity index (χ0n) is 14.3. The van der Waals surface area contributed by atoms with Gasteiger partial charge in [0.25, 0.3) is 0 Å². The van der Waals surface area contributed by atoms with Crippen LogP contribution in [0.15, 0.2) is 0 Å². The summed E-state index contributed by atoms with van der Waals surface area (Å²) in [5, 5.41) is 0.